The first-order chi connectivity index (χ1) is 22.4. The lowest BCUT2D eigenvalue weighted by Gasteiger charge is -2.34. The van der Waals surface area contributed by atoms with Crippen LogP contribution in [0.1, 0.15) is 85.3 Å². The molecule has 0 fully saturated rings. The van der Waals surface area contributed by atoms with E-state index in [1.807, 2.05) is 48.5 Å². The topological polar surface area (TPSA) is 173 Å². The van der Waals surface area contributed by atoms with Crippen LogP contribution in [-0.4, -0.2) is 76.7 Å². The summed E-state index contributed by atoms with van der Waals surface area (Å²) in [6.45, 7) is 13.3. The Balaban J connectivity index is 1.76. The number of carboxylic acids is 1. The highest BCUT2D eigenvalue weighted by atomic mass is 16.6. The highest BCUT2D eigenvalue weighted by Gasteiger charge is 2.38. The van der Waals surface area contributed by atoms with E-state index in [-0.39, 0.29) is 31.9 Å². The van der Waals surface area contributed by atoms with Crippen molar-refractivity contribution in [3.63, 3.8) is 0 Å². The molecule has 4 amide bonds. The maximum Gasteiger partial charge on any atom is 0.426 e. The standard InChI is InChI=1S/C35H48N4O9/c1-21(2)28(37-32(44)46-20-26-24-16-11-9-14-22(24)23-15-10-12-17-25(23)26)29(40)39(38-33(45)48-35(6,7)8)27(30(41)42)18-13-19-36-31(43)47-34(3,4)5/h9-12,14-17,21,26-28H,13,18-20H2,1-8H3,(H,36,43)(H,37,44)(H,38,45)(H,41,42)/t27-,28-/m0/s1. The van der Waals surface area contributed by atoms with Crippen LogP contribution in [0.15, 0.2) is 48.5 Å². The van der Waals surface area contributed by atoms with Gasteiger partial charge in [0.25, 0.3) is 5.91 Å². The van der Waals surface area contributed by atoms with Crippen LogP contribution in [0.5, 0.6) is 0 Å². The van der Waals surface area contributed by atoms with Crippen LogP contribution in [-0.2, 0) is 23.8 Å². The van der Waals surface area contributed by atoms with Gasteiger partial charge in [-0.15, -0.1) is 0 Å². The van der Waals surface area contributed by atoms with Gasteiger partial charge in [-0.25, -0.2) is 29.6 Å². The lowest BCUT2D eigenvalue weighted by molar-refractivity contribution is -0.155. The van der Waals surface area contributed by atoms with Gasteiger partial charge in [-0.05, 0) is 82.6 Å². The molecule has 0 saturated carbocycles. The number of rotatable bonds is 11. The van der Waals surface area contributed by atoms with Crippen LogP contribution in [0.4, 0.5) is 14.4 Å². The Morgan fingerprint density at radius 3 is 1.83 bits per heavy atom. The van der Waals surface area contributed by atoms with Gasteiger partial charge in [0.2, 0.25) is 0 Å². The second-order valence-corrected chi connectivity index (χ2v) is 13.9. The van der Waals surface area contributed by atoms with Crippen molar-refractivity contribution in [2.45, 2.75) is 97.4 Å². The number of nitrogens with one attached hydrogen (secondary N) is 3. The van der Waals surface area contributed by atoms with Crippen molar-refractivity contribution in [2.24, 2.45) is 5.92 Å². The maximum atomic E-state index is 14.0. The Hall–Kier alpha value is -4.81. The van der Waals surface area contributed by atoms with Crippen molar-refractivity contribution in [3.8, 4) is 11.1 Å². The van der Waals surface area contributed by atoms with Crippen LogP contribution in [0, 0.1) is 5.92 Å². The molecule has 262 valence electrons. The molecule has 4 N–H and O–H groups in total. The van der Waals surface area contributed by atoms with E-state index in [2.05, 4.69) is 16.1 Å². The van der Waals surface area contributed by atoms with Gasteiger partial charge in [-0.1, -0.05) is 62.4 Å². The third-order valence-corrected chi connectivity index (χ3v) is 7.32. The molecule has 0 saturated heterocycles. The largest absolute Gasteiger partial charge is 0.480 e. The van der Waals surface area contributed by atoms with Crippen LogP contribution < -0.4 is 16.1 Å². The third kappa shape index (κ3) is 10.6. The molecule has 1 aliphatic rings. The number of hydrazine groups is 1. The number of benzene rings is 2. The molecule has 2 aromatic carbocycles. The minimum Gasteiger partial charge on any atom is -0.480 e. The highest BCUT2D eigenvalue weighted by molar-refractivity contribution is 5.91. The van der Waals surface area contributed by atoms with E-state index < -0.39 is 59.4 Å². The number of carbonyl (C=O) groups is 5. The molecule has 2 atom stereocenters. The molecule has 0 bridgehead atoms. The predicted octanol–water partition coefficient (Wildman–Crippen LogP) is 5.58. The Kier molecular flexibility index (Phi) is 12.4. The fourth-order valence-corrected chi connectivity index (χ4v) is 5.28. The summed E-state index contributed by atoms with van der Waals surface area (Å²) < 4.78 is 16.1. The molecule has 0 radical (unpaired) electrons. The van der Waals surface area contributed by atoms with Gasteiger partial charge in [0.05, 0.1) is 0 Å². The van der Waals surface area contributed by atoms with Gasteiger partial charge in [0, 0.05) is 12.5 Å². The minimum absolute atomic E-state index is 0.00113. The summed E-state index contributed by atoms with van der Waals surface area (Å²) in [6, 6.07) is 12.9. The molecule has 0 unspecified atom stereocenters. The highest BCUT2D eigenvalue weighted by Crippen LogP contribution is 2.44. The fourth-order valence-electron chi connectivity index (χ4n) is 5.28. The summed E-state index contributed by atoms with van der Waals surface area (Å²) in [5.41, 5.74) is 4.75. The minimum atomic E-state index is -1.57. The monoisotopic (exact) mass is 668 g/mol. The van der Waals surface area contributed by atoms with Crippen molar-refractivity contribution < 1.29 is 43.3 Å². The molecule has 0 aromatic heterocycles. The van der Waals surface area contributed by atoms with Gasteiger partial charge in [-0.3, -0.25) is 4.79 Å². The van der Waals surface area contributed by atoms with Crippen LogP contribution in [0.3, 0.4) is 0 Å². The van der Waals surface area contributed by atoms with E-state index in [0.717, 1.165) is 22.3 Å². The van der Waals surface area contributed by atoms with E-state index in [1.165, 1.54) is 0 Å². The average Bonchev–Trinajstić information content (AvgIpc) is 3.29. The number of hydrogen-bond donors (Lipinski definition) is 4. The molecule has 0 heterocycles. The quantitative estimate of drug-likeness (QED) is 0.136. The van der Waals surface area contributed by atoms with Gasteiger partial charge < -0.3 is 30.0 Å². The molecular formula is C35H48N4O9. The number of fused-ring (bicyclic) bond motifs is 3. The number of aliphatic carboxylic acids is 1. The summed E-state index contributed by atoms with van der Waals surface area (Å²) >= 11 is 0. The SMILES string of the molecule is CC(C)[C@H](NC(=O)OCC1c2ccccc2-c2ccccc21)C(=O)N(NC(=O)OC(C)(C)C)[C@@H](CCCNC(=O)OC(C)(C)C)C(=O)O. The predicted molar refractivity (Wildman–Crippen MR) is 178 cm³/mol. The summed E-state index contributed by atoms with van der Waals surface area (Å²) in [7, 11) is 0. The lowest BCUT2D eigenvalue weighted by Crippen LogP contribution is -2.62. The summed E-state index contributed by atoms with van der Waals surface area (Å²) in [5, 5.41) is 15.9. The van der Waals surface area contributed by atoms with Crippen LogP contribution >= 0.6 is 0 Å². The summed E-state index contributed by atoms with van der Waals surface area (Å²) in [4.78, 5) is 64.5. The molecular weight excluding hydrogens is 620 g/mol. The molecule has 2 aromatic rings. The zero-order chi connectivity index (χ0) is 35.8. The zero-order valence-corrected chi connectivity index (χ0v) is 28.9. The number of alkyl carbamates (subject to hydrolysis) is 2. The normalized spacial score (nSPS) is 13.8. The van der Waals surface area contributed by atoms with Crippen LogP contribution in [0.2, 0.25) is 0 Å². The maximum absolute atomic E-state index is 14.0. The molecule has 1 aliphatic carbocycles. The second kappa shape index (κ2) is 15.9. The lowest BCUT2D eigenvalue weighted by atomic mass is 9.98. The van der Waals surface area contributed by atoms with Gasteiger partial charge in [0.15, 0.2) is 6.04 Å². The van der Waals surface area contributed by atoms with E-state index in [1.54, 1.807) is 55.4 Å². The van der Waals surface area contributed by atoms with E-state index in [9.17, 15) is 29.1 Å². The van der Waals surface area contributed by atoms with Crippen molar-refractivity contribution in [1.82, 2.24) is 21.1 Å². The van der Waals surface area contributed by atoms with Crippen LogP contribution in [0.25, 0.3) is 11.1 Å². The summed E-state index contributed by atoms with van der Waals surface area (Å²) in [6.07, 6.45) is -2.67. The number of hydrogen-bond acceptors (Lipinski definition) is 8. The number of nitrogens with zero attached hydrogens (tertiary/aromatic N) is 1. The Labute approximate surface area is 281 Å². The molecule has 13 heteroatoms. The van der Waals surface area contributed by atoms with Crippen molar-refractivity contribution in [2.75, 3.05) is 13.2 Å². The first-order valence-electron chi connectivity index (χ1n) is 16.0. The number of carboxylic acid groups (broad SMARTS) is 1. The van der Waals surface area contributed by atoms with Gasteiger partial charge in [0.1, 0.15) is 23.9 Å². The third-order valence-electron chi connectivity index (χ3n) is 7.32. The van der Waals surface area contributed by atoms with E-state index in [0.29, 0.717) is 5.01 Å². The fraction of sp³-hybridized carbons (Fsp3) is 0.514. The van der Waals surface area contributed by atoms with E-state index >= 15 is 0 Å². The smallest absolute Gasteiger partial charge is 0.426 e. The Morgan fingerprint density at radius 1 is 0.812 bits per heavy atom. The molecule has 48 heavy (non-hydrogen) atoms. The van der Waals surface area contributed by atoms with E-state index in [4.69, 9.17) is 14.2 Å². The zero-order valence-electron chi connectivity index (χ0n) is 28.9. The van der Waals surface area contributed by atoms with Gasteiger partial charge in [-0.2, -0.15) is 0 Å². The first kappa shape index (κ1) is 37.6. The molecule has 0 spiro atoms. The number of amides is 4. The summed E-state index contributed by atoms with van der Waals surface area (Å²) in [5.74, 6) is -3.06. The molecule has 0 aliphatic heterocycles. The first-order valence-corrected chi connectivity index (χ1v) is 16.0. The number of carbonyl (C=O) groups excluding carboxylic acids is 4. The Morgan fingerprint density at radius 2 is 1.33 bits per heavy atom. The molecule has 13 nitrogen and oxygen atoms in total. The van der Waals surface area contributed by atoms with Crippen molar-refractivity contribution >= 4 is 30.2 Å². The van der Waals surface area contributed by atoms with Crippen molar-refractivity contribution in [1.29, 1.82) is 0 Å². The van der Waals surface area contributed by atoms with Gasteiger partial charge >= 0.3 is 24.2 Å². The van der Waals surface area contributed by atoms with Crippen molar-refractivity contribution in [3.05, 3.63) is 59.7 Å². The molecule has 3 rings (SSSR count). The second-order valence-electron chi connectivity index (χ2n) is 13.9. The average molecular weight is 669 g/mol. The number of ether oxygens (including phenoxy) is 3. The Bertz CT molecular complexity index is 1430.